The molecule has 0 aromatic carbocycles. The van der Waals surface area contributed by atoms with Gasteiger partial charge in [0.1, 0.15) is 0 Å². The Bertz CT molecular complexity index is 279. The van der Waals surface area contributed by atoms with Gasteiger partial charge in [-0.05, 0) is 11.6 Å². The van der Waals surface area contributed by atoms with E-state index in [0.717, 1.165) is 0 Å². The Balaban J connectivity index is 2.96. The number of nitrogens with zero attached hydrogens (tertiary/aromatic N) is 1. The molecule has 1 aromatic rings. The molecule has 1 rings (SSSR count). The Hall–Kier alpha value is -1.20. The van der Waals surface area contributed by atoms with Gasteiger partial charge in [-0.3, -0.25) is 0 Å². The fourth-order valence-corrected chi connectivity index (χ4v) is 0.790. The highest BCUT2D eigenvalue weighted by Crippen LogP contribution is 2.13. The molecular weight excluding hydrogens is 161 g/mol. The van der Waals surface area contributed by atoms with Gasteiger partial charge in [0, 0.05) is 6.20 Å². The van der Waals surface area contributed by atoms with Gasteiger partial charge in [-0.15, -0.1) is 0 Å². The summed E-state index contributed by atoms with van der Waals surface area (Å²) in [6.45, 7) is -0.216. The molecule has 4 nitrogen and oxygen atoms in total. The summed E-state index contributed by atoms with van der Waals surface area (Å²) < 4.78 is 12.5. The number of anilines is 1. The first kappa shape index (κ1) is 8.89. The highest BCUT2D eigenvalue weighted by atomic mass is 19.1. The maximum absolute atomic E-state index is 12.5. The van der Waals surface area contributed by atoms with Crippen molar-refractivity contribution in [1.82, 2.24) is 4.98 Å². The third-order valence-electron chi connectivity index (χ3n) is 1.51. The van der Waals surface area contributed by atoms with Gasteiger partial charge in [0.25, 0.3) is 0 Å². The van der Waals surface area contributed by atoms with Gasteiger partial charge in [-0.2, -0.15) is 4.39 Å². The van der Waals surface area contributed by atoms with Gasteiger partial charge in [0.2, 0.25) is 5.95 Å². The van der Waals surface area contributed by atoms with Crippen molar-refractivity contribution in [1.29, 1.82) is 0 Å². The maximum Gasteiger partial charge on any atom is 0.236 e. The lowest BCUT2D eigenvalue weighted by molar-refractivity contribution is 0.267. The molecule has 0 aliphatic carbocycles. The summed E-state index contributed by atoms with van der Waals surface area (Å²) in [5.41, 5.74) is 11.1. The number of aliphatic hydroxyl groups is 1. The van der Waals surface area contributed by atoms with E-state index in [1.165, 1.54) is 12.3 Å². The average molecular weight is 171 g/mol. The minimum absolute atomic E-state index is 0.0589. The summed E-state index contributed by atoms with van der Waals surface area (Å²) in [6.07, 6.45) is 1.26. The van der Waals surface area contributed by atoms with Crippen molar-refractivity contribution in [2.75, 3.05) is 12.3 Å². The topological polar surface area (TPSA) is 85.2 Å². The van der Waals surface area contributed by atoms with Crippen molar-refractivity contribution < 1.29 is 9.50 Å². The number of nitrogens with two attached hydrogens (primary N) is 2. The number of halogens is 1. The average Bonchev–Trinajstić information content (AvgIpc) is 2.08. The number of aliphatic hydroxyl groups excluding tert-OH is 1. The quantitative estimate of drug-likeness (QED) is 0.538. The molecule has 66 valence electrons. The first-order valence-electron chi connectivity index (χ1n) is 3.42. The van der Waals surface area contributed by atoms with Crippen LogP contribution in [-0.2, 0) is 0 Å². The molecule has 0 bridgehead atoms. The van der Waals surface area contributed by atoms with Crippen LogP contribution in [0.15, 0.2) is 12.3 Å². The molecular formula is C7H10FN3O. The maximum atomic E-state index is 12.5. The van der Waals surface area contributed by atoms with Gasteiger partial charge < -0.3 is 16.6 Å². The van der Waals surface area contributed by atoms with Crippen molar-refractivity contribution in [3.8, 4) is 0 Å². The molecule has 0 saturated carbocycles. The smallest absolute Gasteiger partial charge is 0.236 e. The van der Waals surface area contributed by atoms with E-state index in [1.807, 2.05) is 0 Å². The molecule has 1 unspecified atom stereocenters. The SMILES string of the molecule is Nc1cc(C(N)CO)cnc1F. The zero-order chi connectivity index (χ0) is 9.14. The number of hydrogen-bond donors (Lipinski definition) is 3. The van der Waals surface area contributed by atoms with Gasteiger partial charge >= 0.3 is 0 Å². The van der Waals surface area contributed by atoms with Gasteiger partial charge in [0.05, 0.1) is 18.3 Å². The number of hydrogen-bond acceptors (Lipinski definition) is 4. The lowest BCUT2D eigenvalue weighted by atomic mass is 10.1. The fraction of sp³-hybridized carbons (Fsp3) is 0.286. The van der Waals surface area contributed by atoms with Crippen molar-refractivity contribution in [2.45, 2.75) is 6.04 Å². The van der Waals surface area contributed by atoms with E-state index < -0.39 is 12.0 Å². The van der Waals surface area contributed by atoms with Crippen molar-refractivity contribution in [3.63, 3.8) is 0 Å². The van der Waals surface area contributed by atoms with Crippen molar-refractivity contribution in [3.05, 3.63) is 23.8 Å². The van der Waals surface area contributed by atoms with E-state index >= 15 is 0 Å². The molecule has 1 atom stereocenters. The second-order valence-electron chi connectivity index (χ2n) is 2.44. The van der Waals surface area contributed by atoms with E-state index in [-0.39, 0.29) is 12.3 Å². The molecule has 5 heteroatoms. The summed E-state index contributed by atoms with van der Waals surface area (Å²) in [5.74, 6) is -0.719. The predicted octanol–water partition coefficient (Wildman–Crippen LogP) is -0.205. The Morgan fingerprint density at radius 2 is 2.33 bits per heavy atom. The highest BCUT2D eigenvalue weighted by Gasteiger charge is 2.07. The van der Waals surface area contributed by atoms with Crippen molar-refractivity contribution >= 4 is 5.69 Å². The van der Waals surface area contributed by atoms with E-state index in [0.29, 0.717) is 5.56 Å². The largest absolute Gasteiger partial charge is 0.395 e. The molecule has 0 saturated heterocycles. The number of rotatable bonds is 2. The van der Waals surface area contributed by atoms with Crippen molar-refractivity contribution in [2.24, 2.45) is 5.73 Å². The Morgan fingerprint density at radius 3 is 2.83 bits per heavy atom. The van der Waals surface area contributed by atoms with E-state index in [9.17, 15) is 4.39 Å². The molecule has 5 N–H and O–H groups in total. The van der Waals surface area contributed by atoms with Crippen LogP contribution in [0, 0.1) is 5.95 Å². The molecule has 0 spiro atoms. The van der Waals surface area contributed by atoms with Crippen LogP contribution in [0.4, 0.5) is 10.1 Å². The normalized spacial score (nSPS) is 12.9. The lowest BCUT2D eigenvalue weighted by Crippen LogP contribution is -2.15. The van der Waals surface area contributed by atoms with E-state index in [2.05, 4.69) is 4.98 Å². The third-order valence-corrected chi connectivity index (χ3v) is 1.51. The Morgan fingerprint density at radius 1 is 1.67 bits per heavy atom. The Labute approximate surface area is 69.0 Å². The van der Waals surface area contributed by atoms with Crippen LogP contribution in [0.5, 0.6) is 0 Å². The van der Waals surface area contributed by atoms with Crippen LogP contribution < -0.4 is 11.5 Å². The molecule has 0 amide bonds. The van der Waals surface area contributed by atoms with Crippen LogP contribution in [-0.4, -0.2) is 16.7 Å². The Kier molecular flexibility index (Phi) is 2.57. The van der Waals surface area contributed by atoms with Crippen LogP contribution in [0.2, 0.25) is 0 Å². The fourth-order valence-electron chi connectivity index (χ4n) is 0.790. The van der Waals surface area contributed by atoms with Gasteiger partial charge in [0.15, 0.2) is 0 Å². The second-order valence-corrected chi connectivity index (χ2v) is 2.44. The predicted molar refractivity (Wildman–Crippen MR) is 42.6 cm³/mol. The molecule has 12 heavy (non-hydrogen) atoms. The molecule has 0 aliphatic rings. The minimum Gasteiger partial charge on any atom is -0.395 e. The summed E-state index contributed by atoms with van der Waals surface area (Å²) in [4.78, 5) is 3.36. The summed E-state index contributed by atoms with van der Waals surface area (Å²) in [7, 11) is 0. The highest BCUT2D eigenvalue weighted by molar-refractivity contribution is 5.39. The summed E-state index contributed by atoms with van der Waals surface area (Å²) in [6, 6.07) is 0.809. The van der Waals surface area contributed by atoms with Gasteiger partial charge in [-0.1, -0.05) is 0 Å². The lowest BCUT2D eigenvalue weighted by Gasteiger charge is -2.07. The summed E-state index contributed by atoms with van der Waals surface area (Å²) >= 11 is 0. The van der Waals surface area contributed by atoms with Crippen LogP contribution in [0.3, 0.4) is 0 Å². The van der Waals surface area contributed by atoms with E-state index in [1.54, 1.807) is 0 Å². The minimum atomic E-state index is -0.719. The standard InChI is InChI=1S/C7H10FN3O/c8-7-5(9)1-4(2-11-7)6(10)3-12/h1-2,6,12H,3,9-10H2. The summed E-state index contributed by atoms with van der Waals surface area (Å²) in [5, 5.41) is 8.66. The first-order valence-corrected chi connectivity index (χ1v) is 3.42. The number of nitrogen functional groups attached to an aromatic ring is 1. The number of pyridine rings is 1. The monoisotopic (exact) mass is 171 g/mol. The van der Waals surface area contributed by atoms with E-state index in [4.69, 9.17) is 16.6 Å². The zero-order valence-electron chi connectivity index (χ0n) is 6.37. The van der Waals surface area contributed by atoms with Gasteiger partial charge in [-0.25, -0.2) is 4.98 Å². The van der Waals surface area contributed by atoms with Crippen LogP contribution in [0.25, 0.3) is 0 Å². The molecule has 0 radical (unpaired) electrons. The van der Waals surface area contributed by atoms with Crippen LogP contribution in [0.1, 0.15) is 11.6 Å². The van der Waals surface area contributed by atoms with Crippen LogP contribution >= 0.6 is 0 Å². The first-order chi connectivity index (χ1) is 5.65. The molecule has 0 aliphatic heterocycles. The molecule has 1 aromatic heterocycles. The zero-order valence-corrected chi connectivity index (χ0v) is 6.37. The molecule has 0 fully saturated rings. The third kappa shape index (κ3) is 1.69. The molecule has 1 heterocycles. The second kappa shape index (κ2) is 3.46. The number of aromatic nitrogens is 1.